The summed E-state index contributed by atoms with van der Waals surface area (Å²) in [4.78, 5) is 4.04. The van der Waals surface area contributed by atoms with Crippen LogP contribution in [-0.2, 0) is 0 Å². The molecular formula is C21H20OS. The molecule has 0 fully saturated rings. The smallest absolute Gasteiger partial charge is 0.126 e. The molecule has 0 N–H and O–H groups in total. The second-order valence-corrected chi connectivity index (χ2v) is 7.31. The maximum Gasteiger partial charge on any atom is 0.126 e. The van der Waals surface area contributed by atoms with Gasteiger partial charge in [0.2, 0.25) is 0 Å². The van der Waals surface area contributed by atoms with Crippen molar-refractivity contribution in [3.05, 3.63) is 97.3 Å². The predicted molar refractivity (Wildman–Crippen MR) is 98.6 cm³/mol. The Labute approximate surface area is 140 Å². The van der Waals surface area contributed by atoms with E-state index in [2.05, 4.69) is 72.8 Å². The van der Waals surface area contributed by atoms with Crippen LogP contribution in [0, 0.1) is 0 Å². The maximum atomic E-state index is 5.53. The first-order valence-electron chi connectivity index (χ1n) is 7.66. The summed E-state index contributed by atoms with van der Waals surface area (Å²) in [6, 6.07) is 29.8. The molecule has 0 saturated heterocycles. The van der Waals surface area contributed by atoms with Gasteiger partial charge in [-0.25, -0.2) is 0 Å². The average Bonchev–Trinajstić information content (AvgIpc) is 2.63. The highest BCUT2D eigenvalue weighted by molar-refractivity contribution is 8.17. The highest BCUT2D eigenvalue weighted by atomic mass is 32.2. The third kappa shape index (κ3) is 3.85. The van der Waals surface area contributed by atoms with Crippen molar-refractivity contribution in [3.63, 3.8) is 0 Å². The lowest BCUT2D eigenvalue weighted by Crippen LogP contribution is -1.88. The van der Waals surface area contributed by atoms with E-state index in [0.717, 1.165) is 5.75 Å². The first-order chi connectivity index (χ1) is 11.4. The molecule has 0 atom stereocenters. The van der Waals surface area contributed by atoms with Gasteiger partial charge in [-0.05, 0) is 70.1 Å². The van der Waals surface area contributed by atoms with Gasteiger partial charge in [-0.2, -0.15) is 10.9 Å². The molecule has 0 radical (unpaired) electrons. The Morgan fingerprint density at radius 2 is 1.13 bits per heavy atom. The lowest BCUT2D eigenvalue weighted by molar-refractivity contribution is 0.480. The molecule has 1 nitrogen and oxygen atoms in total. The molecule has 0 heterocycles. The van der Waals surface area contributed by atoms with Crippen molar-refractivity contribution in [2.45, 2.75) is 21.6 Å². The van der Waals surface area contributed by atoms with Crippen molar-refractivity contribution in [3.8, 4) is 5.75 Å². The van der Waals surface area contributed by atoms with Crippen molar-refractivity contribution in [2.24, 2.45) is 0 Å². The zero-order valence-electron chi connectivity index (χ0n) is 13.1. The minimum Gasteiger partial charge on any atom is -0.465 e. The van der Waals surface area contributed by atoms with Crippen LogP contribution in [0.3, 0.4) is 0 Å². The standard InChI is InChI=1S/C21H20OS/c1-2-17-22-18-13-15-21(16-14-18)23(19-9-5-3-6-10-19)20-11-7-4-8-12-20/h2-17,23H,1H3/b17-2+. The molecular weight excluding hydrogens is 300 g/mol. The molecule has 0 aliphatic rings. The topological polar surface area (TPSA) is 9.23 Å². The molecule has 0 aliphatic carbocycles. The molecule has 0 aromatic heterocycles. The summed E-state index contributed by atoms with van der Waals surface area (Å²) in [6.07, 6.45) is 3.58. The van der Waals surface area contributed by atoms with Crippen LogP contribution < -0.4 is 4.74 Å². The predicted octanol–water partition coefficient (Wildman–Crippen LogP) is 6.08. The van der Waals surface area contributed by atoms with Crippen LogP contribution in [0.5, 0.6) is 5.75 Å². The number of thiol groups is 1. The Bertz CT molecular complexity index is 709. The molecule has 0 spiro atoms. The van der Waals surface area contributed by atoms with Gasteiger partial charge in [0.15, 0.2) is 0 Å². The molecule has 2 heteroatoms. The van der Waals surface area contributed by atoms with Gasteiger partial charge < -0.3 is 4.74 Å². The first-order valence-corrected chi connectivity index (χ1v) is 9.01. The van der Waals surface area contributed by atoms with E-state index in [9.17, 15) is 0 Å². The van der Waals surface area contributed by atoms with Gasteiger partial charge in [0, 0.05) is 0 Å². The van der Waals surface area contributed by atoms with Crippen molar-refractivity contribution < 1.29 is 4.74 Å². The summed E-state index contributed by atoms with van der Waals surface area (Å²) in [5.74, 6) is 0.864. The average molecular weight is 320 g/mol. The molecule has 116 valence electrons. The van der Waals surface area contributed by atoms with Crippen LogP contribution in [0.25, 0.3) is 0 Å². The third-order valence-electron chi connectivity index (χ3n) is 3.46. The third-order valence-corrected chi connectivity index (χ3v) is 5.91. The Balaban J connectivity index is 1.99. The Morgan fingerprint density at radius 1 is 0.652 bits per heavy atom. The van der Waals surface area contributed by atoms with E-state index in [-0.39, 0.29) is 0 Å². The molecule has 0 aliphatic heterocycles. The number of allylic oxidation sites excluding steroid dienone is 1. The van der Waals surface area contributed by atoms with Crippen molar-refractivity contribution in [2.75, 3.05) is 0 Å². The zero-order valence-corrected chi connectivity index (χ0v) is 14.0. The van der Waals surface area contributed by atoms with Gasteiger partial charge in [-0.1, -0.05) is 42.5 Å². The molecule has 0 bridgehead atoms. The van der Waals surface area contributed by atoms with E-state index < -0.39 is 10.9 Å². The molecule has 3 rings (SSSR count). The monoisotopic (exact) mass is 320 g/mol. The summed E-state index contributed by atoms with van der Waals surface area (Å²) >= 11 is 0. The van der Waals surface area contributed by atoms with Crippen LogP contribution >= 0.6 is 10.9 Å². The molecule has 0 unspecified atom stereocenters. The molecule has 0 amide bonds. The fraction of sp³-hybridized carbons (Fsp3) is 0.0476. The molecule has 23 heavy (non-hydrogen) atoms. The quantitative estimate of drug-likeness (QED) is 0.443. The van der Waals surface area contributed by atoms with Gasteiger partial charge in [0.25, 0.3) is 0 Å². The molecule has 3 aromatic rings. The Kier molecular flexibility index (Phi) is 5.17. The van der Waals surface area contributed by atoms with Gasteiger partial charge >= 0.3 is 0 Å². The minimum absolute atomic E-state index is 0.545. The highest BCUT2D eigenvalue weighted by Gasteiger charge is 2.12. The van der Waals surface area contributed by atoms with E-state index in [1.165, 1.54) is 14.7 Å². The van der Waals surface area contributed by atoms with E-state index in [0.29, 0.717) is 0 Å². The minimum atomic E-state index is -0.545. The lowest BCUT2D eigenvalue weighted by Gasteiger charge is -2.23. The SMILES string of the molecule is C/C=C/Oc1ccc([SH](c2ccccc2)c2ccccc2)cc1. The van der Waals surface area contributed by atoms with E-state index in [4.69, 9.17) is 4.74 Å². The first kappa shape index (κ1) is 15.4. The fourth-order valence-corrected chi connectivity index (χ4v) is 4.70. The summed E-state index contributed by atoms with van der Waals surface area (Å²) in [5.41, 5.74) is 0. The van der Waals surface area contributed by atoms with Gasteiger partial charge in [0.05, 0.1) is 6.26 Å². The van der Waals surface area contributed by atoms with Crippen molar-refractivity contribution >= 4 is 10.9 Å². The number of rotatable bonds is 5. The number of ether oxygens (including phenoxy) is 1. The van der Waals surface area contributed by atoms with Crippen LogP contribution in [-0.4, -0.2) is 0 Å². The zero-order chi connectivity index (χ0) is 15.9. The second kappa shape index (κ2) is 7.70. The molecule has 3 aromatic carbocycles. The fourth-order valence-electron chi connectivity index (χ4n) is 2.42. The highest BCUT2D eigenvalue weighted by Crippen LogP contribution is 2.51. The van der Waals surface area contributed by atoms with Crippen LogP contribution in [0.1, 0.15) is 6.92 Å². The Morgan fingerprint density at radius 3 is 1.61 bits per heavy atom. The largest absolute Gasteiger partial charge is 0.465 e. The van der Waals surface area contributed by atoms with Crippen LogP contribution in [0.4, 0.5) is 0 Å². The normalized spacial score (nSPS) is 11.4. The summed E-state index contributed by atoms with van der Waals surface area (Å²) in [6.45, 7) is 1.94. The Hall–Kier alpha value is -2.45. The molecule has 0 saturated carbocycles. The number of hydrogen-bond donors (Lipinski definition) is 1. The van der Waals surface area contributed by atoms with Crippen LogP contribution in [0.2, 0.25) is 0 Å². The number of benzene rings is 3. The number of hydrogen-bond acceptors (Lipinski definition) is 1. The van der Waals surface area contributed by atoms with Gasteiger partial charge in [-0.15, -0.1) is 0 Å². The van der Waals surface area contributed by atoms with Crippen LogP contribution in [0.15, 0.2) is 112 Å². The van der Waals surface area contributed by atoms with Crippen molar-refractivity contribution in [1.29, 1.82) is 0 Å². The van der Waals surface area contributed by atoms with E-state index >= 15 is 0 Å². The van der Waals surface area contributed by atoms with E-state index in [1.807, 2.05) is 25.1 Å². The second-order valence-electron chi connectivity index (χ2n) is 5.09. The summed E-state index contributed by atoms with van der Waals surface area (Å²) < 4.78 is 5.53. The van der Waals surface area contributed by atoms with E-state index in [1.54, 1.807) is 6.26 Å². The van der Waals surface area contributed by atoms with Gasteiger partial charge in [0.1, 0.15) is 5.75 Å². The lowest BCUT2D eigenvalue weighted by atomic mass is 10.3. The summed E-state index contributed by atoms with van der Waals surface area (Å²) in [7, 11) is -0.545. The van der Waals surface area contributed by atoms with Gasteiger partial charge in [-0.3, -0.25) is 0 Å². The van der Waals surface area contributed by atoms with Crippen molar-refractivity contribution in [1.82, 2.24) is 0 Å². The summed E-state index contributed by atoms with van der Waals surface area (Å²) in [5, 5.41) is 0. The maximum absolute atomic E-state index is 5.53.